The first-order valence-corrected chi connectivity index (χ1v) is 8.03. The highest BCUT2D eigenvalue weighted by Gasteiger charge is 2.48. The minimum atomic E-state index is -0.839. The van der Waals surface area contributed by atoms with Crippen molar-refractivity contribution in [2.75, 3.05) is 5.32 Å². The fraction of sp³-hybridized carbons (Fsp3) is 0.263. The number of rotatable bonds is 5. The molecule has 2 N–H and O–H groups in total. The monoisotopic (exact) mass is 344 g/mol. The molecule has 130 valence electrons. The molecule has 1 aliphatic carbocycles. The van der Waals surface area contributed by atoms with Gasteiger partial charge in [0.05, 0.1) is 17.5 Å². The smallest absolute Gasteiger partial charge is 0.228 e. The second-order valence-corrected chi connectivity index (χ2v) is 6.27. The molecule has 0 aromatic heterocycles. The van der Waals surface area contributed by atoms with Gasteiger partial charge in [0.1, 0.15) is 11.6 Å². The average Bonchev–Trinajstić information content (AvgIpc) is 3.37. The van der Waals surface area contributed by atoms with Crippen LogP contribution >= 0.6 is 0 Å². The van der Waals surface area contributed by atoms with E-state index in [1.807, 2.05) is 31.2 Å². The molecule has 1 saturated carbocycles. The Bertz CT molecular complexity index is 806. The first kappa shape index (κ1) is 17.1. The second-order valence-electron chi connectivity index (χ2n) is 6.27. The zero-order valence-electron chi connectivity index (χ0n) is 13.7. The maximum Gasteiger partial charge on any atom is 0.228 e. The van der Waals surface area contributed by atoms with Crippen LogP contribution < -0.4 is 10.6 Å². The number of hydrogen-bond acceptors (Lipinski definition) is 2. The molecule has 2 atom stereocenters. The Morgan fingerprint density at radius 1 is 1.04 bits per heavy atom. The van der Waals surface area contributed by atoms with Gasteiger partial charge < -0.3 is 10.6 Å². The zero-order valence-corrected chi connectivity index (χ0v) is 13.7. The van der Waals surface area contributed by atoms with Crippen molar-refractivity contribution >= 4 is 17.5 Å². The lowest BCUT2D eigenvalue weighted by molar-refractivity contribution is -0.125. The van der Waals surface area contributed by atoms with Crippen LogP contribution in [0.5, 0.6) is 0 Å². The Morgan fingerprint density at radius 2 is 1.72 bits per heavy atom. The number of hydrogen-bond donors (Lipinski definition) is 2. The fourth-order valence-electron chi connectivity index (χ4n) is 2.62. The van der Waals surface area contributed by atoms with Gasteiger partial charge in [-0.15, -0.1) is 0 Å². The lowest BCUT2D eigenvalue weighted by Crippen LogP contribution is -2.27. The summed E-state index contributed by atoms with van der Waals surface area (Å²) in [5.74, 6) is -3.07. The van der Waals surface area contributed by atoms with E-state index in [2.05, 4.69) is 10.6 Å². The first-order valence-electron chi connectivity index (χ1n) is 8.03. The van der Waals surface area contributed by atoms with Gasteiger partial charge in [0.15, 0.2) is 0 Å². The van der Waals surface area contributed by atoms with E-state index < -0.39 is 29.4 Å². The molecular formula is C19H18F2N2O2. The Kier molecular flexibility index (Phi) is 4.79. The van der Waals surface area contributed by atoms with E-state index in [4.69, 9.17) is 0 Å². The molecule has 2 aromatic carbocycles. The van der Waals surface area contributed by atoms with Gasteiger partial charge in [0, 0.05) is 12.6 Å². The van der Waals surface area contributed by atoms with Crippen LogP contribution in [-0.2, 0) is 16.1 Å². The summed E-state index contributed by atoms with van der Waals surface area (Å²) in [4.78, 5) is 24.2. The quantitative estimate of drug-likeness (QED) is 0.875. The van der Waals surface area contributed by atoms with Crippen LogP contribution in [0, 0.1) is 30.4 Å². The van der Waals surface area contributed by atoms with Gasteiger partial charge in [-0.2, -0.15) is 0 Å². The minimum Gasteiger partial charge on any atom is -0.352 e. The predicted molar refractivity (Wildman–Crippen MR) is 89.6 cm³/mol. The molecule has 0 bridgehead atoms. The third kappa shape index (κ3) is 4.21. The van der Waals surface area contributed by atoms with Crippen molar-refractivity contribution in [1.29, 1.82) is 0 Å². The normalized spacial score (nSPS) is 18.5. The molecule has 2 unspecified atom stereocenters. The lowest BCUT2D eigenvalue weighted by atomic mass is 10.1. The summed E-state index contributed by atoms with van der Waals surface area (Å²) in [6.45, 7) is 2.39. The van der Waals surface area contributed by atoms with Crippen molar-refractivity contribution in [1.82, 2.24) is 5.32 Å². The van der Waals surface area contributed by atoms with Gasteiger partial charge in [0.2, 0.25) is 11.8 Å². The number of amides is 2. The van der Waals surface area contributed by atoms with Crippen LogP contribution in [0.2, 0.25) is 0 Å². The maximum absolute atomic E-state index is 13.6. The lowest BCUT2D eigenvalue weighted by Gasteiger charge is -2.07. The summed E-state index contributed by atoms with van der Waals surface area (Å²) in [5.41, 5.74) is 2.04. The number of halogens is 2. The molecule has 2 amide bonds. The molecule has 2 aromatic rings. The second kappa shape index (κ2) is 7.01. The van der Waals surface area contributed by atoms with Crippen molar-refractivity contribution in [3.05, 3.63) is 65.2 Å². The molecule has 0 saturated heterocycles. The number of anilines is 1. The summed E-state index contributed by atoms with van der Waals surface area (Å²) in [6.07, 6.45) is 0.425. The molecule has 1 fully saturated rings. The Morgan fingerprint density at radius 3 is 2.40 bits per heavy atom. The molecule has 0 heterocycles. The largest absolute Gasteiger partial charge is 0.352 e. The molecule has 0 spiro atoms. The molecule has 1 aliphatic rings. The van der Waals surface area contributed by atoms with Gasteiger partial charge >= 0.3 is 0 Å². The van der Waals surface area contributed by atoms with Crippen LogP contribution in [0.4, 0.5) is 14.5 Å². The zero-order chi connectivity index (χ0) is 18.0. The number of carbonyl (C=O) groups excluding carboxylic acids is 2. The van der Waals surface area contributed by atoms with Crippen molar-refractivity contribution in [3.63, 3.8) is 0 Å². The van der Waals surface area contributed by atoms with Crippen LogP contribution in [0.3, 0.4) is 0 Å². The number of nitrogens with one attached hydrogen (secondary N) is 2. The summed E-state index contributed by atoms with van der Waals surface area (Å²) in [5, 5.41) is 5.21. The van der Waals surface area contributed by atoms with Crippen LogP contribution in [-0.4, -0.2) is 11.8 Å². The van der Waals surface area contributed by atoms with E-state index in [-0.39, 0.29) is 11.6 Å². The van der Waals surface area contributed by atoms with Crippen molar-refractivity contribution in [2.24, 2.45) is 11.8 Å². The summed E-state index contributed by atoms with van der Waals surface area (Å²) in [6, 6.07) is 10.7. The predicted octanol–water partition coefficient (Wildman–Crippen LogP) is 3.16. The Hall–Kier alpha value is -2.76. The molecular weight excluding hydrogens is 326 g/mol. The van der Waals surface area contributed by atoms with Gasteiger partial charge in [-0.3, -0.25) is 9.59 Å². The van der Waals surface area contributed by atoms with Crippen molar-refractivity contribution in [3.8, 4) is 0 Å². The van der Waals surface area contributed by atoms with Gasteiger partial charge in [-0.25, -0.2) is 8.78 Å². The molecule has 0 radical (unpaired) electrons. The Balaban J connectivity index is 1.50. The van der Waals surface area contributed by atoms with E-state index >= 15 is 0 Å². The van der Waals surface area contributed by atoms with Gasteiger partial charge in [-0.1, -0.05) is 29.8 Å². The molecule has 0 aliphatic heterocycles. The number of aryl methyl sites for hydroxylation is 1. The first-order chi connectivity index (χ1) is 11.9. The summed E-state index contributed by atoms with van der Waals surface area (Å²) in [7, 11) is 0. The molecule has 3 rings (SSSR count). The standard InChI is InChI=1S/C19H18F2N2O2/c1-11-2-4-12(5-3-11)10-22-18(24)14-9-15(14)19(25)23-17-7-6-13(20)8-16(17)21/h2-8,14-15H,9-10H2,1H3,(H,22,24)(H,23,25). The third-order valence-corrected chi connectivity index (χ3v) is 4.24. The minimum absolute atomic E-state index is 0.0860. The van der Waals surface area contributed by atoms with Crippen LogP contribution in [0.15, 0.2) is 42.5 Å². The van der Waals surface area contributed by atoms with Crippen molar-refractivity contribution < 1.29 is 18.4 Å². The van der Waals surface area contributed by atoms with Crippen LogP contribution in [0.1, 0.15) is 17.5 Å². The van der Waals surface area contributed by atoms with E-state index in [0.717, 1.165) is 23.3 Å². The van der Waals surface area contributed by atoms with Crippen LogP contribution in [0.25, 0.3) is 0 Å². The van der Waals surface area contributed by atoms with Gasteiger partial charge in [-0.05, 0) is 31.0 Å². The highest BCUT2D eigenvalue weighted by atomic mass is 19.1. The number of benzene rings is 2. The van der Waals surface area contributed by atoms with E-state index in [0.29, 0.717) is 19.0 Å². The van der Waals surface area contributed by atoms with E-state index in [1.165, 1.54) is 0 Å². The third-order valence-electron chi connectivity index (χ3n) is 4.24. The summed E-state index contributed by atoms with van der Waals surface area (Å²) < 4.78 is 26.4. The van der Waals surface area contributed by atoms with E-state index in [1.54, 1.807) is 0 Å². The molecule has 25 heavy (non-hydrogen) atoms. The Labute approximate surface area is 144 Å². The average molecular weight is 344 g/mol. The topological polar surface area (TPSA) is 58.2 Å². The molecule has 6 heteroatoms. The molecule has 4 nitrogen and oxygen atoms in total. The summed E-state index contributed by atoms with van der Waals surface area (Å²) >= 11 is 0. The van der Waals surface area contributed by atoms with Gasteiger partial charge in [0.25, 0.3) is 0 Å². The highest BCUT2D eigenvalue weighted by Crippen LogP contribution is 2.39. The SMILES string of the molecule is Cc1ccc(CNC(=O)C2CC2C(=O)Nc2ccc(F)cc2F)cc1. The van der Waals surface area contributed by atoms with E-state index in [9.17, 15) is 18.4 Å². The fourth-order valence-corrected chi connectivity index (χ4v) is 2.62. The highest BCUT2D eigenvalue weighted by molar-refractivity contribution is 5.99. The van der Waals surface area contributed by atoms with Crippen molar-refractivity contribution in [2.45, 2.75) is 19.9 Å². The number of carbonyl (C=O) groups is 2. The maximum atomic E-state index is 13.6.